The van der Waals surface area contributed by atoms with Crippen LogP contribution in [0.2, 0.25) is 0 Å². The van der Waals surface area contributed by atoms with Crippen LogP contribution in [0.25, 0.3) is 0 Å². The zero-order valence-corrected chi connectivity index (χ0v) is 9.79. The van der Waals surface area contributed by atoms with Crippen molar-refractivity contribution >= 4 is 5.96 Å². The summed E-state index contributed by atoms with van der Waals surface area (Å²) in [6.07, 6.45) is 2.18. The van der Waals surface area contributed by atoms with E-state index in [1.807, 2.05) is 0 Å². The molecule has 0 amide bonds. The summed E-state index contributed by atoms with van der Waals surface area (Å²) >= 11 is 0. The number of nitrogens with one attached hydrogen (secondary N) is 2. The second-order valence-electron chi connectivity index (χ2n) is 4.17. The fraction of sp³-hybridized carbons (Fsp3) is 0.462. The normalized spacial score (nSPS) is 15.2. The predicted octanol–water partition coefficient (Wildman–Crippen LogP) is 1.48. The number of hydrogen-bond donors (Lipinski definition) is 2. The van der Waals surface area contributed by atoms with E-state index >= 15 is 0 Å². The molecular weight excluding hydrogens is 198 g/mol. The Bertz CT molecular complexity index is 354. The van der Waals surface area contributed by atoms with Gasteiger partial charge in [-0.2, -0.15) is 0 Å². The first-order valence-electron chi connectivity index (χ1n) is 5.92. The van der Waals surface area contributed by atoms with Gasteiger partial charge >= 0.3 is 0 Å². The quantitative estimate of drug-likeness (QED) is 0.804. The van der Waals surface area contributed by atoms with E-state index in [4.69, 9.17) is 0 Å². The van der Waals surface area contributed by atoms with Crippen molar-refractivity contribution in [1.29, 1.82) is 0 Å². The average Bonchev–Trinajstić information content (AvgIpc) is 2.33. The Morgan fingerprint density at radius 3 is 2.81 bits per heavy atom. The van der Waals surface area contributed by atoms with Crippen LogP contribution in [0.5, 0.6) is 0 Å². The molecule has 0 aromatic heterocycles. The van der Waals surface area contributed by atoms with Gasteiger partial charge in [-0.1, -0.05) is 29.8 Å². The molecule has 16 heavy (non-hydrogen) atoms. The number of rotatable bonds is 3. The Balaban J connectivity index is 1.75. The first-order chi connectivity index (χ1) is 7.84. The van der Waals surface area contributed by atoms with Gasteiger partial charge in [0.25, 0.3) is 0 Å². The van der Waals surface area contributed by atoms with Crippen LogP contribution in [-0.4, -0.2) is 25.6 Å². The number of nitrogens with zero attached hydrogens (tertiary/aromatic N) is 1. The lowest BCUT2D eigenvalue weighted by Crippen LogP contribution is -2.41. The second-order valence-corrected chi connectivity index (χ2v) is 4.17. The maximum atomic E-state index is 4.37. The van der Waals surface area contributed by atoms with Gasteiger partial charge in [0.15, 0.2) is 5.96 Å². The SMILES string of the molecule is Cc1ccc(CCNC2=NCCCN2)cc1. The summed E-state index contributed by atoms with van der Waals surface area (Å²) in [4.78, 5) is 4.37. The molecule has 1 aromatic rings. The van der Waals surface area contributed by atoms with Gasteiger partial charge in [0.1, 0.15) is 0 Å². The Hall–Kier alpha value is -1.51. The van der Waals surface area contributed by atoms with Crippen LogP contribution in [-0.2, 0) is 6.42 Å². The molecule has 0 atom stereocenters. The highest BCUT2D eigenvalue weighted by atomic mass is 15.2. The van der Waals surface area contributed by atoms with E-state index in [1.54, 1.807) is 0 Å². The van der Waals surface area contributed by atoms with Gasteiger partial charge in [0.05, 0.1) is 0 Å². The summed E-state index contributed by atoms with van der Waals surface area (Å²) in [5.74, 6) is 0.957. The molecule has 1 aliphatic heterocycles. The van der Waals surface area contributed by atoms with Gasteiger partial charge < -0.3 is 10.6 Å². The molecule has 1 aliphatic rings. The largest absolute Gasteiger partial charge is 0.356 e. The highest BCUT2D eigenvalue weighted by molar-refractivity contribution is 5.80. The summed E-state index contributed by atoms with van der Waals surface area (Å²) in [5, 5.41) is 6.58. The molecule has 2 rings (SSSR count). The van der Waals surface area contributed by atoms with Gasteiger partial charge in [-0.15, -0.1) is 0 Å². The lowest BCUT2D eigenvalue weighted by atomic mass is 10.1. The smallest absolute Gasteiger partial charge is 0.191 e. The number of aliphatic imine (C=N–C) groups is 1. The predicted molar refractivity (Wildman–Crippen MR) is 67.8 cm³/mol. The monoisotopic (exact) mass is 217 g/mol. The first-order valence-corrected chi connectivity index (χ1v) is 5.92. The van der Waals surface area contributed by atoms with Crippen LogP contribution in [0, 0.1) is 6.92 Å². The first kappa shape index (κ1) is 11.0. The third-order valence-electron chi connectivity index (χ3n) is 2.72. The van der Waals surface area contributed by atoms with Crippen molar-refractivity contribution in [3.8, 4) is 0 Å². The second kappa shape index (κ2) is 5.54. The van der Waals surface area contributed by atoms with Crippen LogP contribution >= 0.6 is 0 Å². The summed E-state index contributed by atoms with van der Waals surface area (Å²) in [6, 6.07) is 8.69. The van der Waals surface area contributed by atoms with Crippen LogP contribution < -0.4 is 10.6 Å². The maximum Gasteiger partial charge on any atom is 0.191 e. The van der Waals surface area contributed by atoms with Crippen molar-refractivity contribution < 1.29 is 0 Å². The molecule has 0 fully saturated rings. The lowest BCUT2D eigenvalue weighted by Gasteiger charge is -2.15. The van der Waals surface area contributed by atoms with Crippen LogP contribution in [0.1, 0.15) is 17.5 Å². The van der Waals surface area contributed by atoms with Crippen molar-refractivity contribution in [1.82, 2.24) is 10.6 Å². The Morgan fingerprint density at radius 1 is 1.31 bits per heavy atom. The molecule has 0 spiro atoms. The minimum atomic E-state index is 0.939. The topological polar surface area (TPSA) is 36.4 Å². The average molecular weight is 217 g/mol. The highest BCUT2D eigenvalue weighted by Crippen LogP contribution is 2.03. The summed E-state index contributed by atoms with van der Waals surface area (Å²) in [5.41, 5.74) is 2.68. The third kappa shape index (κ3) is 3.26. The Labute approximate surface area is 97.0 Å². The molecule has 0 saturated heterocycles. The molecule has 2 N–H and O–H groups in total. The minimum absolute atomic E-state index is 0.939. The molecule has 0 unspecified atom stereocenters. The molecule has 1 aromatic carbocycles. The van der Waals surface area contributed by atoms with Crippen molar-refractivity contribution in [2.75, 3.05) is 19.6 Å². The fourth-order valence-corrected chi connectivity index (χ4v) is 1.73. The molecule has 0 saturated carbocycles. The number of hydrogen-bond acceptors (Lipinski definition) is 3. The van der Waals surface area contributed by atoms with E-state index in [-0.39, 0.29) is 0 Å². The lowest BCUT2D eigenvalue weighted by molar-refractivity contribution is 0.700. The molecular formula is C13H19N3. The zero-order chi connectivity index (χ0) is 11.2. The van der Waals surface area contributed by atoms with Crippen molar-refractivity contribution in [3.05, 3.63) is 35.4 Å². The van der Waals surface area contributed by atoms with Crippen molar-refractivity contribution in [3.63, 3.8) is 0 Å². The van der Waals surface area contributed by atoms with E-state index in [1.165, 1.54) is 11.1 Å². The van der Waals surface area contributed by atoms with E-state index < -0.39 is 0 Å². The van der Waals surface area contributed by atoms with Crippen molar-refractivity contribution in [2.24, 2.45) is 4.99 Å². The fourth-order valence-electron chi connectivity index (χ4n) is 1.73. The third-order valence-corrected chi connectivity index (χ3v) is 2.72. The minimum Gasteiger partial charge on any atom is -0.356 e. The van der Waals surface area contributed by atoms with E-state index in [2.05, 4.69) is 46.8 Å². The summed E-state index contributed by atoms with van der Waals surface area (Å²) in [7, 11) is 0. The van der Waals surface area contributed by atoms with E-state index in [0.29, 0.717) is 0 Å². The standard InChI is InChI=1S/C13H19N3/c1-11-3-5-12(6-4-11)7-10-16-13-14-8-2-9-15-13/h3-6H,2,7-10H2,1H3,(H2,14,15,16). The van der Waals surface area contributed by atoms with Gasteiger partial charge in [0, 0.05) is 19.6 Å². The van der Waals surface area contributed by atoms with Crippen LogP contribution in [0.4, 0.5) is 0 Å². The maximum absolute atomic E-state index is 4.37. The van der Waals surface area contributed by atoms with Gasteiger partial charge in [-0.05, 0) is 25.3 Å². The van der Waals surface area contributed by atoms with Gasteiger partial charge in [-0.25, -0.2) is 0 Å². The molecule has 1 heterocycles. The Morgan fingerprint density at radius 2 is 2.12 bits per heavy atom. The van der Waals surface area contributed by atoms with Crippen LogP contribution in [0.15, 0.2) is 29.3 Å². The zero-order valence-electron chi connectivity index (χ0n) is 9.79. The number of benzene rings is 1. The molecule has 0 aliphatic carbocycles. The van der Waals surface area contributed by atoms with Crippen LogP contribution in [0.3, 0.4) is 0 Å². The van der Waals surface area contributed by atoms with Crippen molar-refractivity contribution in [2.45, 2.75) is 19.8 Å². The molecule has 3 nitrogen and oxygen atoms in total. The Kier molecular flexibility index (Phi) is 3.81. The molecule has 3 heteroatoms. The summed E-state index contributed by atoms with van der Waals surface area (Å²) in [6.45, 7) is 5.04. The number of guanidine groups is 1. The van der Waals surface area contributed by atoms with Gasteiger partial charge in [0.2, 0.25) is 0 Å². The molecule has 0 bridgehead atoms. The molecule has 86 valence electrons. The summed E-state index contributed by atoms with van der Waals surface area (Å²) < 4.78 is 0. The number of aryl methyl sites for hydroxylation is 1. The molecule has 0 radical (unpaired) electrons. The van der Waals surface area contributed by atoms with E-state index in [0.717, 1.165) is 38.4 Å². The van der Waals surface area contributed by atoms with Gasteiger partial charge in [-0.3, -0.25) is 4.99 Å². The highest BCUT2D eigenvalue weighted by Gasteiger charge is 2.02. The van der Waals surface area contributed by atoms with E-state index in [9.17, 15) is 0 Å².